The van der Waals surface area contributed by atoms with Gasteiger partial charge in [-0.05, 0) is 55.0 Å². The van der Waals surface area contributed by atoms with Crippen LogP contribution in [0.4, 0.5) is 11.4 Å². The van der Waals surface area contributed by atoms with Crippen molar-refractivity contribution in [3.8, 4) is 23.0 Å². The third-order valence-corrected chi connectivity index (χ3v) is 4.67. The Morgan fingerprint density at radius 3 is 2.71 bits per heavy atom. The van der Waals surface area contributed by atoms with Crippen molar-refractivity contribution < 1.29 is 24.0 Å². The van der Waals surface area contributed by atoms with Gasteiger partial charge in [0.15, 0.2) is 11.3 Å². The molecule has 0 bridgehead atoms. The Bertz CT molecular complexity index is 1330. The maximum Gasteiger partial charge on any atom is 0.311 e. The zero-order valence-electron chi connectivity index (χ0n) is 16.6. The van der Waals surface area contributed by atoms with Crippen LogP contribution in [-0.4, -0.2) is 28.0 Å². The summed E-state index contributed by atoms with van der Waals surface area (Å²) in [6.07, 6.45) is 0. The molecule has 0 unspecified atom stereocenters. The lowest BCUT2D eigenvalue weighted by Gasteiger charge is -2.08. The maximum absolute atomic E-state index is 12.6. The number of aryl methyl sites for hydroxylation is 1. The zero-order chi connectivity index (χ0) is 22.1. The molecule has 0 aliphatic heterocycles. The Kier molecular flexibility index (Phi) is 5.00. The predicted octanol–water partition coefficient (Wildman–Crippen LogP) is 4.68. The van der Waals surface area contributed by atoms with Gasteiger partial charge in [-0.25, -0.2) is 4.98 Å². The van der Waals surface area contributed by atoms with Crippen molar-refractivity contribution in [2.24, 2.45) is 0 Å². The number of ether oxygens (including phenoxy) is 1. The van der Waals surface area contributed by atoms with E-state index in [-0.39, 0.29) is 28.6 Å². The van der Waals surface area contributed by atoms with Gasteiger partial charge in [-0.3, -0.25) is 14.9 Å². The SMILES string of the molecule is COc1ccc(C(=O)Nc2ccc(O)c(-c3nc4cc(C)ccc4o3)c2)cc1[N+](=O)[O-]. The molecule has 31 heavy (non-hydrogen) atoms. The minimum Gasteiger partial charge on any atom is -0.507 e. The van der Waals surface area contributed by atoms with Gasteiger partial charge >= 0.3 is 5.69 Å². The maximum atomic E-state index is 12.6. The third kappa shape index (κ3) is 3.88. The standard InChI is InChI=1S/C22H17N3O6/c1-12-3-7-19-16(9-12)24-22(31-19)15-11-14(5-6-18(15)26)23-21(27)13-4-8-20(30-2)17(10-13)25(28)29/h3-11,26H,1-2H3,(H,23,27). The summed E-state index contributed by atoms with van der Waals surface area (Å²) in [4.78, 5) is 27.6. The molecule has 4 aromatic rings. The van der Waals surface area contributed by atoms with Crippen LogP contribution < -0.4 is 10.1 Å². The quantitative estimate of drug-likeness (QED) is 0.273. The number of carbonyl (C=O) groups excluding carboxylic acids is 1. The molecule has 156 valence electrons. The second-order valence-electron chi connectivity index (χ2n) is 6.82. The van der Waals surface area contributed by atoms with Gasteiger partial charge in [-0.1, -0.05) is 6.07 Å². The van der Waals surface area contributed by atoms with E-state index in [1.165, 1.54) is 37.4 Å². The number of aromatic hydroxyl groups is 1. The summed E-state index contributed by atoms with van der Waals surface area (Å²) in [6.45, 7) is 1.94. The van der Waals surface area contributed by atoms with E-state index in [9.17, 15) is 20.0 Å². The number of benzene rings is 3. The zero-order valence-corrected chi connectivity index (χ0v) is 16.6. The summed E-state index contributed by atoms with van der Waals surface area (Å²) in [5.41, 5.74) is 2.66. The molecule has 3 aromatic carbocycles. The average Bonchev–Trinajstić information content (AvgIpc) is 3.17. The Morgan fingerprint density at radius 2 is 1.97 bits per heavy atom. The number of aromatic nitrogens is 1. The van der Waals surface area contributed by atoms with Gasteiger partial charge in [0.25, 0.3) is 5.91 Å². The third-order valence-electron chi connectivity index (χ3n) is 4.67. The van der Waals surface area contributed by atoms with Crippen molar-refractivity contribution in [3.63, 3.8) is 0 Å². The number of nitrogens with zero attached hydrogens (tertiary/aromatic N) is 2. The van der Waals surface area contributed by atoms with E-state index >= 15 is 0 Å². The van der Waals surface area contributed by atoms with Gasteiger partial charge in [0.2, 0.25) is 5.89 Å². The minimum absolute atomic E-state index is 0.0552. The van der Waals surface area contributed by atoms with Crippen molar-refractivity contribution in [2.75, 3.05) is 12.4 Å². The van der Waals surface area contributed by atoms with Gasteiger partial charge in [-0.2, -0.15) is 0 Å². The molecule has 0 radical (unpaired) electrons. The molecule has 0 aliphatic carbocycles. The molecule has 0 aliphatic rings. The van der Waals surface area contributed by atoms with Gasteiger partial charge in [0.05, 0.1) is 17.6 Å². The van der Waals surface area contributed by atoms with Crippen LogP contribution in [-0.2, 0) is 0 Å². The highest BCUT2D eigenvalue weighted by molar-refractivity contribution is 6.05. The highest BCUT2D eigenvalue weighted by Crippen LogP contribution is 2.34. The number of carbonyl (C=O) groups is 1. The second kappa shape index (κ2) is 7.79. The van der Waals surface area contributed by atoms with Crippen LogP contribution in [0.15, 0.2) is 59.0 Å². The number of oxazole rings is 1. The highest BCUT2D eigenvalue weighted by Gasteiger charge is 2.19. The lowest BCUT2D eigenvalue weighted by atomic mass is 10.1. The number of anilines is 1. The Balaban J connectivity index is 1.64. The highest BCUT2D eigenvalue weighted by atomic mass is 16.6. The van der Waals surface area contributed by atoms with Crippen molar-refractivity contribution in [1.82, 2.24) is 4.98 Å². The van der Waals surface area contributed by atoms with E-state index in [4.69, 9.17) is 9.15 Å². The lowest BCUT2D eigenvalue weighted by molar-refractivity contribution is -0.385. The normalized spacial score (nSPS) is 10.8. The van der Waals surface area contributed by atoms with Crippen LogP contribution in [0.2, 0.25) is 0 Å². The van der Waals surface area contributed by atoms with E-state index in [1.54, 1.807) is 6.07 Å². The molecular formula is C22H17N3O6. The molecule has 0 fully saturated rings. The average molecular weight is 419 g/mol. The summed E-state index contributed by atoms with van der Waals surface area (Å²) < 4.78 is 10.7. The van der Waals surface area contributed by atoms with Crippen molar-refractivity contribution in [1.29, 1.82) is 0 Å². The van der Waals surface area contributed by atoms with E-state index in [0.29, 0.717) is 22.4 Å². The fourth-order valence-electron chi connectivity index (χ4n) is 3.11. The summed E-state index contributed by atoms with van der Waals surface area (Å²) in [5.74, 6) is -0.370. The number of fused-ring (bicyclic) bond motifs is 1. The molecule has 0 atom stereocenters. The lowest BCUT2D eigenvalue weighted by Crippen LogP contribution is -2.12. The monoisotopic (exact) mass is 419 g/mol. The minimum atomic E-state index is -0.622. The first-order chi connectivity index (χ1) is 14.9. The molecule has 9 nitrogen and oxygen atoms in total. The number of phenolic OH excluding ortho intramolecular Hbond substituents is 1. The van der Waals surface area contributed by atoms with Gasteiger partial charge in [0, 0.05) is 17.3 Å². The number of amides is 1. The van der Waals surface area contributed by atoms with E-state index < -0.39 is 10.8 Å². The molecule has 1 aromatic heterocycles. The first kappa shape index (κ1) is 19.9. The van der Waals surface area contributed by atoms with Crippen molar-refractivity contribution >= 4 is 28.4 Å². The first-order valence-corrected chi connectivity index (χ1v) is 9.20. The number of phenols is 1. The Morgan fingerprint density at radius 1 is 1.16 bits per heavy atom. The number of methoxy groups -OCH3 is 1. The molecule has 9 heteroatoms. The predicted molar refractivity (Wildman–Crippen MR) is 113 cm³/mol. The molecular weight excluding hydrogens is 402 g/mol. The molecule has 2 N–H and O–H groups in total. The molecule has 4 rings (SSSR count). The van der Waals surface area contributed by atoms with Crippen molar-refractivity contribution in [3.05, 3.63) is 75.8 Å². The largest absolute Gasteiger partial charge is 0.507 e. The molecule has 0 spiro atoms. The van der Waals surface area contributed by atoms with Crippen LogP contribution in [0.25, 0.3) is 22.6 Å². The van der Waals surface area contributed by atoms with Gasteiger partial charge < -0.3 is 19.6 Å². The summed E-state index contributed by atoms with van der Waals surface area (Å²) in [5, 5.41) is 24.1. The van der Waals surface area contributed by atoms with Crippen LogP contribution in [0.3, 0.4) is 0 Å². The second-order valence-corrected chi connectivity index (χ2v) is 6.82. The Hall–Kier alpha value is -4.40. The van der Waals surface area contributed by atoms with Crippen LogP contribution in [0.1, 0.15) is 15.9 Å². The number of nitro groups is 1. The fourth-order valence-corrected chi connectivity index (χ4v) is 3.11. The van der Waals surface area contributed by atoms with Crippen LogP contribution >= 0.6 is 0 Å². The molecule has 1 amide bonds. The molecule has 0 saturated carbocycles. The van der Waals surface area contributed by atoms with Gasteiger partial charge in [-0.15, -0.1) is 0 Å². The van der Waals surface area contributed by atoms with E-state index in [0.717, 1.165) is 11.6 Å². The molecule has 1 heterocycles. The first-order valence-electron chi connectivity index (χ1n) is 9.20. The summed E-state index contributed by atoms with van der Waals surface area (Å²) >= 11 is 0. The van der Waals surface area contributed by atoms with Crippen LogP contribution in [0.5, 0.6) is 11.5 Å². The van der Waals surface area contributed by atoms with Gasteiger partial charge in [0.1, 0.15) is 11.3 Å². The number of hydrogen-bond acceptors (Lipinski definition) is 7. The Labute approximate surface area is 176 Å². The topological polar surface area (TPSA) is 128 Å². The summed E-state index contributed by atoms with van der Waals surface area (Å²) in [7, 11) is 1.31. The van der Waals surface area contributed by atoms with Crippen LogP contribution in [0, 0.1) is 17.0 Å². The number of nitro benzene ring substituents is 1. The smallest absolute Gasteiger partial charge is 0.311 e. The van der Waals surface area contributed by atoms with Crippen molar-refractivity contribution in [2.45, 2.75) is 6.92 Å². The number of hydrogen-bond donors (Lipinski definition) is 2. The number of nitrogens with one attached hydrogen (secondary N) is 1. The summed E-state index contributed by atoms with van der Waals surface area (Å²) in [6, 6.07) is 13.9. The molecule has 0 saturated heterocycles. The van der Waals surface area contributed by atoms with E-state index in [2.05, 4.69) is 10.3 Å². The fraction of sp³-hybridized carbons (Fsp3) is 0.0909. The van der Waals surface area contributed by atoms with E-state index in [1.807, 2.05) is 19.1 Å². The number of rotatable bonds is 5.